The van der Waals surface area contributed by atoms with Crippen molar-refractivity contribution >= 4 is 63.3 Å². The highest BCUT2D eigenvalue weighted by atomic mass is 35.5. The van der Waals surface area contributed by atoms with Crippen LogP contribution in [0.25, 0.3) is 0 Å². The third-order valence-corrected chi connectivity index (χ3v) is 6.72. The Morgan fingerprint density at radius 3 is 2.48 bits per heavy atom. The second-order valence-electron chi connectivity index (χ2n) is 7.46. The summed E-state index contributed by atoms with van der Waals surface area (Å²) in [5.74, 6) is -0.390. The molecule has 3 aromatic rings. The summed E-state index contributed by atoms with van der Waals surface area (Å²) in [6.07, 6.45) is 0.775. The van der Waals surface area contributed by atoms with Crippen LogP contribution in [0.2, 0.25) is 10.0 Å². The molecule has 1 N–H and O–H groups in total. The lowest BCUT2D eigenvalue weighted by Crippen LogP contribution is -2.46. The van der Waals surface area contributed by atoms with Gasteiger partial charge in [0.05, 0.1) is 5.69 Å². The highest BCUT2D eigenvalue weighted by Crippen LogP contribution is 2.31. The highest BCUT2D eigenvalue weighted by molar-refractivity contribution is 8.15. The molecule has 1 atom stereocenters. The van der Waals surface area contributed by atoms with Crippen molar-refractivity contribution in [1.29, 1.82) is 0 Å². The average Bonchev–Trinajstić information content (AvgIpc) is 2.80. The zero-order valence-corrected chi connectivity index (χ0v) is 19.9. The van der Waals surface area contributed by atoms with Gasteiger partial charge in [0, 0.05) is 28.7 Å². The third kappa shape index (κ3) is 6.38. The Balaban J connectivity index is 1.55. The molecule has 1 unspecified atom stereocenters. The first-order valence-electron chi connectivity index (χ1n) is 10.4. The molecule has 0 saturated carbocycles. The number of amides is 2. The molecule has 0 radical (unpaired) electrons. The van der Waals surface area contributed by atoms with E-state index in [0.717, 1.165) is 5.56 Å². The Labute approximate surface area is 206 Å². The van der Waals surface area contributed by atoms with Gasteiger partial charge in [0.1, 0.15) is 5.25 Å². The molecule has 1 fully saturated rings. The van der Waals surface area contributed by atoms with Gasteiger partial charge in [-0.2, -0.15) is 0 Å². The molecule has 1 aliphatic heterocycles. The number of carbonyl (C=O) groups is 2. The van der Waals surface area contributed by atoms with Crippen molar-refractivity contribution in [2.45, 2.75) is 18.1 Å². The summed E-state index contributed by atoms with van der Waals surface area (Å²) >= 11 is 13.3. The van der Waals surface area contributed by atoms with Gasteiger partial charge in [0.15, 0.2) is 5.17 Å². The molecule has 1 aliphatic rings. The Hall–Kier alpha value is -2.80. The molecule has 0 aliphatic carbocycles. The van der Waals surface area contributed by atoms with Crippen LogP contribution < -0.4 is 5.32 Å². The number of anilines is 1. The number of rotatable bonds is 6. The van der Waals surface area contributed by atoms with E-state index in [0.29, 0.717) is 39.6 Å². The van der Waals surface area contributed by atoms with Crippen molar-refractivity contribution in [2.24, 2.45) is 4.99 Å². The first kappa shape index (κ1) is 23.4. The number of carbonyl (C=O) groups excluding carboxylic acids is 2. The van der Waals surface area contributed by atoms with Crippen LogP contribution in [0.3, 0.4) is 0 Å². The van der Waals surface area contributed by atoms with Gasteiger partial charge >= 0.3 is 0 Å². The van der Waals surface area contributed by atoms with Crippen molar-refractivity contribution in [2.75, 3.05) is 11.9 Å². The topological polar surface area (TPSA) is 61.8 Å². The van der Waals surface area contributed by atoms with Crippen LogP contribution >= 0.6 is 35.0 Å². The predicted octanol–water partition coefficient (Wildman–Crippen LogP) is 6.20. The summed E-state index contributed by atoms with van der Waals surface area (Å²) in [5, 5.41) is 3.89. The van der Waals surface area contributed by atoms with Crippen LogP contribution in [0.1, 0.15) is 12.0 Å². The van der Waals surface area contributed by atoms with Gasteiger partial charge in [0.25, 0.3) is 0 Å². The third-order valence-electron chi connectivity index (χ3n) is 5.04. The maximum absolute atomic E-state index is 13.1. The van der Waals surface area contributed by atoms with E-state index in [1.54, 1.807) is 47.4 Å². The largest absolute Gasteiger partial charge is 0.325 e. The summed E-state index contributed by atoms with van der Waals surface area (Å²) in [4.78, 5) is 32.4. The van der Waals surface area contributed by atoms with Crippen LogP contribution in [-0.2, 0) is 16.0 Å². The lowest BCUT2D eigenvalue weighted by Gasteiger charge is -2.32. The summed E-state index contributed by atoms with van der Waals surface area (Å²) in [6, 6.07) is 23.9. The summed E-state index contributed by atoms with van der Waals surface area (Å²) < 4.78 is 0. The van der Waals surface area contributed by atoms with Gasteiger partial charge in [-0.1, -0.05) is 71.4 Å². The summed E-state index contributed by atoms with van der Waals surface area (Å²) in [7, 11) is 0. The summed E-state index contributed by atoms with van der Waals surface area (Å²) in [5.41, 5.74) is 2.37. The zero-order valence-electron chi connectivity index (χ0n) is 17.6. The minimum absolute atomic E-state index is 0.0907. The SMILES string of the molecule is O=C(Nc1ccc(Cl)cc1)C1CC(=O)N(CCc2ccccc2)C(=Nc2cccc(Cl)c2)S1. The Morgan fingerprint density at radius 1 is 1.00 bits per heavy atom. The molecule has 3 aromatic carbocycles. The number of aliphatic imine (C=N–C) groups is 1. The van der Waals surface area contributed by atoms with Crippen molar-refractivity contribution < 1.29 is 9.59 Å². The monoisotopic (exact) mass is 497 g/mol. The molecule has 33 heavy (non-hydrogen) atoms. The Morgan fingerprint density at radius 2 is 1.76 bits per heavy atom. The van der Waals surface area contributed by atoms with Crippen molar-refractivity contribution in [3.05, 3.63) is 94.5 Å². The fourth-order valence-electron chi connectivity index (χ4n) is 3.36. The fraction of sp³-hybridized carbons (Fsp3) is 0.160. The van der Waals surface area contributed by atoms with Crippen LogP contribution in [0, 0.1) is 0 Å². The van der Waals surface area contributed by atoms with E-state index in [9.17, 15) is 9.59 Å². The number of nitrogens with one attached hydrogen (secondary N) is 1. The minimum Gasteiger partial charge on any atom is -0.325 e. The molecule has 4 rings (SSSR count). The number of amidine groups is 1. The Bertz CT molecular complexity index is 1170. The molecule has 0 spiro atoms. The van der Waals surface area contributed by atoms with Gasteiger partial charge in [-0.25, -0.2) is 4.99 Å². The van der Waals surface area contributed by atoms with Crippen molar-refractivity contribution in [3.8, 4) is 0 Å². The molecule has 0 bridgehead atoms. The first-order valence-corrected chi connectivity index (χ1v) is 12.0. The van der Waals surface area contributed by atoms with Crippen LogP contribution in [0.4, 0.5) is 11.4 Å². The average molecular weight is 498 g/mol. The molecule has 5 nitrogen and oxygen atoms in total. The standard InChI is InChI=1S/C25H21Cl2N3O2S/c26-18-9-11-20(12-10-18)28-24(32)22-16-23(31)30(14-13-17-5-2-1-3-6-17)25(33-22)29-21-8-4-7-19(27)15-21/h1-12,15,22H,13-14,16H2,(H,28,32). The highest BCUT2D eigenvalue weighted by Gasteiger charge is 2.35. The second kappa shape index (κ2) is 10.9. The van der Waals surface area contributed by atoms with E-state index in [1.165, 1.54) is 11.8 Å². The first-order chi connectivity index (χ1) is 16.0. The van der Waals surface area contributed by atoms with E-state index in [-0.39, 0.29) is 18.2 Å². The van der Waals surface area contributed by atoms with E-state index >= 15 is 0 Å². The normalized spacial score (nSPS) is 17.3. The lowest BCUT2D eigenvalue weighted by atomic mass is 10.1. The molecular formula is C25H21Cl2N3O2S. The van der Waals surface area contributed by atoms with Gasteiger partial charge < -0.3 is 5.32 Å². The number of hydrogen-bond donors (Lipinski definition) is 1. The summed E-state index contributed by atoms with van der Waals surface area (Å²) in [6.45, 7) is 0.473. The van der Waals surface area contributed by atoms with E-state index in [4.69, 9.17) is 23.2 Å². The fourth-order valence-corrected chi connectivity index (χ4v) is 4.79. The maximum atomic E-state index is 13.1. The Kier molecular flexibility index (Phi) is 7.70. The van der Waals surface area contributed by atoms with Gasteiger partial charge in [-0.15, -0.1) is 0 Å². The molecule has 2 amide bonds. The smallest absolute Gasteiger partial charge is 0.238 e. The van der Waals surface area contributed by atoms with Crippen molar-refractivity contribution in [1.82, 2.24) is 4.90 Å². The van der Waals surface area contributed by atoms with Crippen LogP contribution in [0.5, 0.6) is 0 Å². The second-order valence-corrected chi connectivity index (χ2v) is 9.50. The quantitative estimate of drug-likeness (QED) is 0.441. The zero-order chi connectivity index (χ0) is 23.2. The number of benzene rings is 3. The number of thioether (sulfide) groups is 1. The maximum Gasteiger partial charge on any atom is 0.238 e. The van der Waals surface area contributed by atoms with Gasteiger partial charge in [0.2, 0.25) is 11.8 Å². The molecule has 8 heteroatoms. The van der Waals surface area contributed by atoms with Crippen LogP contribution in [-0.4, -0.2) is 33.7 Å². The predicted molar refractivity (Wildman–Crippen MR) is 136 cm³/mol. The number of nitrogens with zero attached hydrogens (tertiary/aromatic N) is 2. The molecule has 1 saturated heterocycles. The molecule has 0 aromatic heterocycles. The molecular weight excluding hydrogens is 477 g/mol. The number of hydrogen-bond acceptors (Lipinski definition) is 4. The van der Waals surface area contributed by atoms with Gasteiger partial charge in [-0.05, 0) is 54.4 Å². The minimum atomic E-state index is -0.598. The number of halogens is 2. The molecule has 168 valence electrons. The lowest BCUT2D eigenvalue weighted by molar-refractivity contribution is -0.129. The van der Waals surface area contributed by atoms with Crippen LogP contribution in [0.15, 0.2) is 83.9 Å². The van der Waals surface area contributed by atoms with E-state index in [1.807, 2.05) is 36.4 Å². The van der Waals surface area contributed by atoms with E-state index < -0.39 is 5.25 Å². The van der Waals surface area contributed by atoms with Gasteiger partial charge in [-0.3, -0.25) is 14.5 Å². The molecule has 1 heterocycles. The van der Waals surface area contributed by atoms with E-state index in [2.05, 4.69) is 10.3 Å². The van der Waals surface area contributed by atoms with Crippen molar-refractivity contribution in [3.63, 3.8) is 0 Å².